The highest BCUT2D eigenvalue weighted by atomic mass is 32.2. The van der Waals surface area contributed by atoms with Gasteiger partial charge < -0.3 is 4.74 Å². The SMILES string of the molecule is Cc1cc(S(=O)(=O)NC[C@H](c2ccsc2)N2CCOCC2)ccc1F. The van der Waals surface area contributed by atoms with Crippen molar-refractivity contribution in [2.45, 2.75) is 17.9 Å². The highest BCUT2D eigenvalue weighted by Crippen LogP contribution is 2.24. The lowest BCUT2D eigenvalue weighted by molar-refractivity contribution is 0.0173. The van der Waals surface area contributed by atoms with Crippen molar-refractivity contribution in [2.75, 3.05) is 32.8 Å². The van der Waals surface area contributed by atoms with Gasteiger partial charge in [-0.1, -0.05) is 0 Å². The van der Waals surface area contributed by atoms with Crippen LogP contribution < -0.4 is 4.72 Å². The van der Waals surface area contributed by atoms with Gasteiger partial charge in [-0.25, -0.2) is 17.5 Å². The number of rotatable bonds is 6. The minimum atomic E-state index is -3.70. The number of benzene rings is 1. The third-order valence-electron chi connectivity index (χ3n) is 4.32. The minimum absolute atomic E-state index is 0.0496. The average Bonchev–Trinajstić information content (AvgIpc) is 3.12. The molecule has 0 bridgehead atoms. The van der Waals surface area contributed by atoms with Gasteiger partial charge in [0.2, 0.25) is 10.0 Å². The first-order chi connectivity index (χ1) is 12.0. The van der Waals surface area contributed by atoms with Crippen LogP contribution in [0.3, 0.4) is 0 Å². The fraction of sp³-hybridized carbons (Fsp3) is 0.412. The number of morpholine rings is 1. The molecule has 0 spiro atoms. The normalized spacial score (nSPS) is 17.5. The Hall–Kier alpha value is -1.32. The van der Waals surface area contributed by atoms with Gasteiger partial charge in [-0.15, -0.1) is 0 Å². The van der Waals surface area contributed by atoms with E-state index in [4.69, 9.17) is 4.74 Å². The van der Waals surface area contributed by atoms with E-state index in [9.17, 15) is 12.8 Å². The maximum absolute atomic E-state index is 13.4. The van der Waals surface area contributed by atoms with Crippen LogP contribution in [0.1, 0.15) is 17.2 Å². The lowest BCUT2D eigenvalue weighted by Gasteiger charge is -2.34. The summed E-state index contributed by atoms with van der Waals surface area (Å²) in [4.78, 5) is 2.31. The maximum atomic E-state index is 13.4. The van der Waals surface area contributed by atoms with Gasteiger partial charge >= 0.3 is 0 Å². The minimum Gasteiger partial charge on any atom is -0.379 e. The van der Waals surface area contributed by atoms with E-state index >= 15 is 0 Å². The fourth-order valence-corrected chi connectivity index (χ4v) is 4.70. The number of thiophene rings is 1. The van der Waals surface area contributed by atoms with Gasteiger partial charge in [0.25, 0.3) is 0 Å². The predicted molar refractivity (Wildman–Crippen MR) is 95.8 cm³/mol. The van der Waals surface area contributed by atoms with Crippen LogP contribution >= 0.6 is 11.3 Å². The van der Waals surface area contributed by atoms with Crippen molar-refractivity contribution in [2.24, 2.45) is 0 Å². The Morgan fingerprint density at radius 2 is 2.08 bits per heavy atom. The fourth-order valence-electron chi connectivity index (χ4n) is 2.87. The van der Waals surface area contributed by atoms with Crippen molar-refractivity contribution in [3.63, 3.8) is 0 Å². The quantitative estimate of drug-likeness (QED) is 0.832. The number of nitrogens with one attached hydrogen (secondary N) is 1. The van der Waals surface area contributed by atoms with Crippen LogP contribution in [0.4, 0.5) is 4.39 Å². The van der Waals surface area contributed by atoms with Crippen molar-refractivity contribution in [3.05, 3.63) is 52.0 Å². The molecule has 8 heteroatoms. The Morgan fingerprint density at radius 1 is 1.32 bits per heavy atom. The number of aryl methyl sites for hydroxylation is 1. The van der Waals surface area contributed by atoms with Crippen LogP contribution in [0, 0.1) is 12.7 Å². The van der Waals surface area contributed by atoms with E-state index in [1.54, 1.807) is 18.3 Å². The number of hydrogen-bond acceptors (Lipinski definition) is 5. The third-order valence-corrected chi connectivity index (χ3v) is 6.44. The summed E-state index contributed by atoms with van der Waals surface area (Å²) >= 11 is 1.59. The van der Waals surface area contributed by atoms with Gasteiger partial charge in [-0.05, 0) is 53.1 Å². The largest absolute Gasteiger partial charge is 0.379 e. The first-order valence-corrected chi connectivity index (χ1v) is 10.5. The molecule has 2 heterocycles. The molecule has 1 aromatic carbocycles. The highest BCUT2D eigenvalue weighted by molar-refractivity contribution is 7.89. The highest BCUT2D eigenvalue weighted by Gasteiger charge is 2.25. The van der Waals surface area contributed by atoms with Gasteiger partial charge in [0.15, 0.2) is 0 Å². The molecule has 1 fully saturated rings. The van der Waals surface area contributed by atoms with Crippen LogP contribution in [0.2, 0.25) is 0 Å². The van der Waals surface area contributed by atoms with Crippen LogP contribution in [-0.4, -0.2) is 46.2 Å². The number of hydrogen-bond donors (Lipinski definition) is 1. The zero-order valence-corrected chi connectivity index (χ0v) is 15.6. The number of ether oxygens (including phenoxy) is 1. The summed E-state index contributed by atoms with van der Waals surface area (Å²) < 4.78 is 46.6. The summed E-state index contributed by atoms with van der Waals surface area (Å²) in [7, 11) is -3.70. The lowest BCUT2D eigenvalue weighted by Crippen LogP contribution is -2.43. The summed E-state index contributed by atoms with van der Waals surface area (Å²) in [6.45, 7) is 4.62. The Morgan fingerprint density at radius 3 is 2.72 bits per heavy atom. The van der Waals surface area contributed by atoms with E-state index in [1.807, 2.05) is 16.8 Å². The molecule has 1 aromatic heterocycles. The van der Waals surface area contributed by atoms with E-state index in [1.165, 1.54) is 18.2 Å². The molecular weight excluding hydrogens is 363 g/mol. The zero-order chi connectivity index (χ0) is 17.9. The summed E-state index contributed by atoms with van der Waals surface area (Å²) in [6, 6.07) is 5.79. The molecule has 1 aliphatic heterocycles. The summed E-state index contributed by atoms with van der Waals surface area (Å²) in [6.07, 6.45) is 0. The summed E-state index contributed by atoms with van der Waals surface area (Å²) in [5.41, 5.74) is 1.40. The summed E-state index contributed by atoms with van der Waals surface area (Å²) in [5.74, 6) is -0.414. The average molecular weight is 384 g/mol. The van der Waals surface area contributed by atoms with E-state index in [0.717, 1.165) is 18.7 Å². The molecule has 0 radical (unpaired) electrons. The van der Waals surface area contributed by atoms with E-state index < -0.39 is 15.8 Å². The second-order valence-electron chi connectivity index (χ2n) is 5.98. The van der Waals surface area contributed by atoms with E-state index in [2.05, 4.69) is 9.62 Å². The molecule has 3 rings (SSSR count). The van der Waals surface area contributed by atoms with Crippen molar-refractivity contribution >= 4 is 21.4 Å². The topological polar surface area (TPSA) is 58.6 Å². The molecule has 2 aromatic rings. The van der Waals surface area contributed by atoms with Crippen molar-refractivity contribution in [1.82, 2.24) is 9.62 Å². The van der Waals surface area contributed by atoms with Crippen LogP contribution in [0.15, 0.2) is 39.9 Å². The van der Waals surface area contributed by atoms with Crippen LogP contribution in [0.5, 0.6) is 0 Å². The van der Waals surface area contributed by atoms with Crippen LogP contribution in [0.25, 0.3) is 0 Å². The first-order valence-electron chi connectivity index (χ1n) is 8.07. The molecular formula is C17H21FN2O3S2. The van der Waals surface area contributed by atoms with Crippen LogP contribution in [-0.2, 0) is 14.8 Å². The van der Waals surface area contributed by atoms with E-state index in [-0.39, 0.29) is 17.5 Å². The van der Waals surface area contributed by atoms with Crippen molar-refractivity contribution in [3.8, 4) is 0 Å². The molecule has 25 heavy (non-hydrogen) atoms. The third kappa shape index (κ3) is 4.45. The second-order valence-corrected chi connectivity index (χ2v) is 8.53. The molecule has 0 aliphatic carbocycles. The number of sulfonamides is 1. The van der Waals surface area contributed by atoms with Crippen molar-refractivity contribution < 1.29 is 17.5 Å². The van der Waals surface area contributed by atoms with Crippen molar-refractivity contribution in [1.29, 1.82) is 0 Å². The molecule has 1 saturated heterocycles. The molecule has 5 nitrogen and oxygen atoms in total. The Balaban J connectivity index is 1.76. The predicted octanol–water partition coefficient (Wildman–Crippen LogP) is 2.55. The van der Waals surface area contributed by atoms with Gasteiger partial charge in [0.1, 0.15) is 5.82 Å². The Kier molecular flexibility index (Phi) is 5.85. The van der Waals surface area contributed by atoms with Gasteiger partial charge in [0, 0.05) is 25.7 Å². The first kappa shape index (κ1) is 18.5. The molecule has 1 aliphatic rings. The number of halogens is 1. The smallest absolute Gasteiger partial charge is 0.240 e. The maximum Gasteiger partial charge on any atom is 0.240 e. The Bertz CT molecular complexity index is 803. The molecule has 1 atom stereocenters. The van der Waals surface area contributed by atoms with E-state index in [0.29, 0.717) is 18.8 Å². The molecule has 0 amide bonds. The van der Waals surface area contributed by atoms with Gasteiger partial charge in [-0.2, -0.15) is 11.3 Å². The number of nitrogens with zero attached hydrogens (tertiary/aromatic N) is 1. The second kappa shape index (κ2) is 7.92. The summed E-state index contributed by atoms with van der Waals surface area (Å²) in [5, 5.41) is 4.02. The lowest BCUT2D eigenvalue weighted by atomic mass is 10.1. The molecule has 0 unspecified atom stereocenters. The van der Waals surface area contributed by atoms with Gasteiger partial charge in [0.05, 0.1) is 18.1 Å². The molecule has 136 valence electrons. The molecule has 1 N–H and O–H groups in total. The Labute approximate surface area is 151 Å². The standard InChI is InChI=1S/C17H21FN2O3S2/c1-13-10-15(2-3-16(13)18)25(21,22)19-11-17(14-4-9-24-12-14)20-5-7-23-8-6-20/h2-4,9-10,12,17,19H,5-8,11H2,1H3/t17-/m1/s1. The zero-order valence-electron chi connectivity index (χ0n) is 13.9. The molecule has 0 saturated carbocycles. The van der Waals surface area contributed by atoms with Gasteiger partial charge in [-0.3, -0.25) is 4.90 Å². The monoisotopic (exact) mass is 384 g/mol.